The number of nitriles is 1. The van der Waals surface area contributed by atoms with Crippen molar-refractivity contribution in [3.63, 3.8) is 0 Å². The van der Waals surface area contributed by atoms with Crippen LogP contribution in [0.3, 0.4) is 0 Å². The first kappa shape index (κ1) is 11.8. The number of fused-ring (bicyclic) bond motifs is 2. The topological polar surface area (TPSA) is 48.3 Å². The molecule has 90 valence electrons. The van der Waals surface area contributed by atoms with Crippen LogP contribution in [0.15, 0.2) is 0 Å². The molecular weight excluding hydrogens is 202 g/mol. The van der Waals surface area contributed by atoms with E-state index in [-0.39, 0.29) is 6.04 Å². The van der Waals surface area contributed by atoms with E-state index < -0.39 is 0 Å². The van der Waals surface area contributed by atoms with Crippen LogP contribution in [0.4, 0.5) is 0 Å². The lowest BCUT2D eigenvalue weighted by molar-refractivity contribution is -0.0392. The van der Waals surface area contributed by atoms with E-state index in [2.05, 4.69) is 23.2 Å². The third-order valence-corrected chi connectivity index (χ3v) is 3.36. The van der Waals surface area contributed by atoms with Crippen molar-refractivity contribution in [3.05, 3.63) is 0 Å². The predicted molar refractivity (Wildman–Crippen MR) is 62.0 cm³/mol. The highest BCUT2D eigenvalue weighted by Gasteiger charge is 2.34. The van der Waals surface area contributed by atoms with Crippen molar-refractivity contribution in [2.45, 2.75) is 44.4 Å². The van der Waals surface area contributed by atoms with E-state index in [0.29, 0.717) is 12.2 Å². The van der Waals surface area contributed by atoms with E-state index in [1.807, 2.05) is 0 Å². The summed E-state index contributed by atoms with van der Waals surface area (Å²) in [4.78, 5) is 2.38. The predicted octanol–water partition coefficient (Wildman–Crippen LogP) is 0.741. The summed E-state index contributed by atoms with van der Waals surface area (Å²) < 4.78 is 5.78. The summed E-state index contributed by atoms with van der Waals surface area (Å²) in [5.74, 6) is 0. The minimum absolute atomic E-state index is 0.0301. The van der Waals surface area contributed by atoms with Crippen LogP contribution in [-0.4, -0.2) is 49.3 Å². The number of ether oxygens (including phenoxy) is 1. The number of nitrogens with one attached hydrogen (secondary N) is 1. The zero-order chi connectivity index (χ0) is 11.4. The number of rotatable bonds is 5. The normalized spacial score (nSPS) is 31.2. The van der Waals surface area contributed by atoms with Gasteiger partial charge in [0, 0.05) is 19.6 Å². The molecule has 16 heavy (non-hydrogen) atoms. The number of morpholine rings is 1. The van der Waals surface area contributed by atoms with Crippen LogP contribution in [0.5, 0.6) is 0 Å². The Labute approximate surface area is 97.6 Å². The zero-order valence-electron chi connectivity index (χ0n) is 9.98. The maximum Gasteiger partial charge on any atom is 0.108 e. The summed E-state index contributed by atoms with van der Waals surface area (Å²) in [5, 5.41) is 12.3. The summed E-state index contributed by atoms with van der Waals surface area (Å²) in [5.41, 5.74) is 0. The molecule has 0 aromatic carbocycles. The molecule has 2 heterocycles. The molecule has 0 spiro atoms. The zero-order valence-corrected chi connectivity index (χ0v) is 9.98. The van der Waals surface area contributed by atoms with Gasteiger partial charge in [-0.05, 0) is 25.8 Å². The maximum absolute atomic E-state index is 9.06. The van der Waals surface area contributed by atoms with Gasteiger partial charge in [0.1, 0.15) is 6.04 Å². The Hall–Kier alpha value is -0.630. The lowest BCUT2D eigenvalue weighted by Gasteiger charge is -2.33. The van der Waals surface area contributed by atoms with Crippen molar-refractivity contribution < 1.29 is 4.74 Å². The Morgan fingerprint density at radius 2 is 2.12 bits per heavy atom. The summed E-state index contributed by atoms with van der Waals surface area (Å²) in [6.07, 6.45) is 4.31. The Morgan fingerprint density at radius 1 is 1.44 bits per heavy atom. The average molecular weight is 223 g/mol. The minimum Gasteiger partial charge on any atom is -0.372 e. The van der Waals surface area contributed by atoms with Gasteiger partial charge in [0.05, 0.1) is 18.3 Å². The van der Waals surface area contributed by atoms with Crippen LogP contribution < -0.4 is 5.32 Å². The van der Waals surface area contributed by atoms with E-state index in [9.17, 15) is 0 Å². The van der Waals surface area contributed by atoms with Gasteiger partial charge in [0.25, 0.3) is 0 Å². The molecule has 2 aliphatic heterocycles. The lowest BCUT2D eigenvalue weighted by Crippen LogP contribution is -2.48. The second-order valence-electron chi connectivity index (χ2n) is 4.81. The summed E-state index contributed by atoms with van der Waals surface area (Å²) in [7, 11) is 0. The molecule has 2 fully saturated rings. The molecule has 1 N–H and O–H groups in total. The monoisotopic (exact) mass is 223 g/mol. The van der Waals surface area contributed by atoms with Crippen LogP contribution >= 0.6 is 0 Å². The van der Waals surface area contributed by atoms with Crippen LogP contribution in [0.1, 0.15) is 26.2 Å². The van der Waals surface area contributed by atoms with Crippen LogP contribution in [0, 0.1) is 11.3 Å². The van der Waals surface area contributed by atoms with Crippen molar-refractivity contribution in [2.24, 2.45) is 0 Å². The first-order valence-electron chi connectivity index (χ1n) is 6.32. The van der Waals surface area contributed by atoms with Crippen molar-refractivity contribution in [2.75, 3.05) is 26.2 Å². The van der Waals surface area contributed by atoms with Gasteiger partial charge in [0.15, 0.2) is 0 Å². The van der Waals surface area contributed by atoms with Crippen LogP contribution in [-0.2, 0) is 4.74 Å². The number of nitrogens with zero attached hydrogens (tertiary/aromatic N) is 2. The van der Waals surface area contributed by atoms with E-state index in [1.54, 1.807) is 0 Å². The summed E-state index contributed by atoms with van der Waals surface area (Å²) in [6, 6.07) is 2.31. The fourth-order valence-electron chi connectivity index (χ4n) is 2.58. The second-order valence-corrected chi connectivity index (χ2v) is 4.81. The molecule has 0 amide bonds. The highest BCUT2D eigenvalue weighted by atomic mass is 16.5. The van der Waals surface area contributed by atoms with E-state index >= 15 is 0 Å². The third kappa shape index (κ3) is 2.94. The number of likely N-dealkylation sites (tertiary alicyclic amines) is 1. The molecule has 2 saturated heterocycles. The second kappa shape index (κ2) is 5.62. The highest BCUT2D eigenvalue weighted by molar-refractivity contribution is 4.94. The van der Waals surface area contributed by atoms with Gasteiger partial charge in [0.2, 0.25) is 0 Å². The largest absolute Gasteiger partial charge is 0.372 e. The first-order chi connectivity index (χ1) is 7.81. The Morgan fingerprint density at radius 3 is 2.69 bits per heavy atom. The van der Waals surface area contributed by atoms with Gasteiger partial charge in [-0.2, -0.15) is 5.26 Å². The third-order valence-electron chi connectivity index (χ3n) is 3.36. The molecule has 2 bridgehead atoms. The van der Waals surface area contributed by atoms with Crippen LogP contribution in [0.25, 0.3) is 0 Å². The molecule has 0 aromatic rings. The number of hydrogen-bond donors (Lipinski definition) is 1. The molecule has 0 radical (unpaired) electrons. The molecular formula is C12H21N3O. The average Bonchev–Trinajstić information content (AvgIpc) is 2.64. The molecule has 2 aliphatic rings. The molecule has 4 heteroatoms. The molecule has 3 unspecified atom stereocenters. The molecule has 3 atom stereocenters. The Kier molecular flexibility index (Phi) is 4.16. The van der Waals surface area contributed by atoms with Crippen LogP contribution in [0.2, 0.25) is 0 Å². The molecule has 0 saturated carbocycles. The molecule has 0 aliphatic carbocycles. The fourth-order valence-corrected chi connectivity index (χ4v) is 2.58. The van der Waals surface area contributed by atoms with Gasteiger partial charge in [-0.3, -0.25) is 4.90 Å². The number of hydrogen-bond acceptors (Lipinski definition) is 4. The standard InChI is InChI=1S/C12H21N3O/c1-2-5-14-10(6-13)7-15-8-11-3-4-12(9-15)16-11/h10-12,14H,2-5,7-9H2,1H3. The smallest absolute Gasteiger partial charge is 0.108 e. The minimum atomic E-state index is -0.0301. The SMILES string of the molecule is CCCNC(C#N)CN1CC2CCC(C1)O2. The van der Waals surface area contributed by atoms with E-state index in [0.717, 1.165) is 32.6 Å². The molecule has 2 rings (SSSR count). The molecule has 0 aromatic heterocycles. The van der Waals surface area contributed by atoms with Crippen molar-refractivity contribution in [1.29, 1.82) is 5.26 Å². The summed E-state index contributed by atoms with van der Waals surface area (Å²) >= 11 is 0. The van der Waals surface area contributed by atoms with Gasteiger partial charge in [-0.1, -0.05) is 6.92 Å². The van der Waals surface area contributed by atoms with Crippen molar-refractivity contribution in [3.8, 4) is 6.07 Å². The Balaban J connectivity index is 1.77. The van der Waals surface area contributed by atoms with Gasteiger partial charge >= 0.3 is 0 Å². The van der Waals surface area contributed by atoms with Crippen molar-refractivity contribution >= 4 is 0 Å². The first-order valence-corrected chi connectivity index (χ1v) is 6.32. The van der Waals surface area contributed by atoms with Gasteiger partial charge < -0.3 is 10.1 Å². The maximum atomic E-state index is 9.06. The lowest BCUT2D eigenvalue weighted by atomic mass is 10.2. The molecule has 4 nitrogen and oxygen atoms in total. The fraction of sp³-hybridized carbons (Fsp3) is 0.917. The highest BCUT2D eigenvalue weighted by Crippen LogP contribution is 2.26. The van der Waals surface area contributed by atoms with Gasteiger partial charge in [-0.15, -0.1) is 0 Å². The van der Waals surface area contributed by atoms with Gasteiger partial charge in [-0.25, -0.2) is 0 Å². The van der Waals surface area contributed by atoms with E-state index in [1.165, 1.54) is 12.8 Å². The summed E-state index contributed by atoms with van der Waals surface area (Å²) in [6.45, 7) is 5.89. The Bertz CT molecular complexity index is 251. The van der Waals surface area contributed by atoms with E-state index in [4.69, 9.17) is 10.00 Å². The van der Waals surface area contributed by atoms with Crippen molar-refractivity contribution in [1.82, 2.24) is 10.2 Å². The quantitative estimate of drug-likeness (QED) is 0.747.